The van der Waals surface area contributed by atoms with Crippen LogP contribution in [0.3, 0.4) is 0 Å². The third kappa shape index (κ3) is 3.01. The first-order valence-electron chi connectivity index (χ1n) is 9.14. The number of piperidine rings is 1. The van der Waals surface area contributed by atoms with Gasteiger partial charge in [-0.1, -0.05) is 12.8 Å². The fraction of sp³-hybridized carbons (Fsp3) is 0.824. The maximum absolute atomic E-state index is 12.8. The van der Waals surface area contributed by atoms with Crippen molar-refractivity contribution < 1.29 is 4.79 Å². The van der Waals surface area contributed by atoms with Crippen molar-refractivity contribution in [2.24, 2.45) is 5.92 Å². The summed E-state index contributed by atoms with van der Waals surface area (Å²) in [5.74, 6) is 3.23. The number of carbonyl (C=O) groups excluding carboxylic acids is 1. The van der Waals surface area contributed by atoms with Crippen LogP contribution in [0.4, 0.5) is 0 Å². The molecule has 3 atom stereocenters. The predicted molar refractivity (Wildman–Crippen MR) is 87.0 cm³/mol. The summed E-state index contributed by atoms with van der Waals surface area (Å²) in [7, 11) is 0. The van der Waals surface area contributed by atoms with Crippen LogP contribution in [0.1, 0.15) is 62.5 Å². The Labute approximate surface area is 137 Å². The number of fused-ring (bicyclic) bond motifs is 1. The van der Waals surface area contributed by atoms with Gasteiger partial charge in [0.1, 0.15) is 5.82 Å². The van der Waals surface area contributed by atoms with Crippen molar-refractivity contribution in [1.82, 2.24) is 25.4 Å². The van der Waals surface area contributed by atoms with E-state index in [1.54, 1.807) is 0 Å². The minimum atomic E-state index is 0.0606. The number of hydrogen-bond acceptors (Lipinski definition) is 4. The van der Waals surface area contributed by atoms with E-state index in [2.05, 4.69) is 25.4 Å². The van der Waals surface area contributed by atoms with Gasteiger partial charge in [0.25, 0.3) is 0 Å². The fourth-order valence-corrected chi connectivity index (χ4v) is 4.63. The molecular formula is C17H27N5O. The molecule has 23 heavy (non-hydrogen) atoms. The Morgan fingerprint density at radius 2 is 1.96 bits per heavy atom. The lowest BCUT2D eigenvalue weighted by molar-refractivity contribution is -0.134. The van der Waals surface area contributed by atoms with Gasteiger partial charge in [0.05, 0.1) is 6.04 Å². The van der Waals surface area contributed by atoms with Gasteiger partial charge in [-0.2, -0.15) is 5.10 Å². The van der Waals surface area contributed by atoms with E-state index < -0.39 is 0 Å². The number of hydrogen-bond donors (Lipinski definition) is 2. The van der Waals surface area contributed by atoms with E-state index in [-0.39, 0.29) is 6.04 Å². The molecule has 2 aliphatic heterocycles. The number of carbonyl (C=O) groups is 1. The topological polar surface area (TPSA) is 73.9 Å². The number of aromatic amines is 1. The number of aromatic nitrogens is 3. The summed E-state index contributed by atoms with van der Waals surface area (Å²) in [6.07, 6.45) is 8.20. The second kappa shape index (κ2) is 6.23. The number of nitrogens with one attached hydrogen (secondary N) is 2. The van der Waals surface area contributed by atoms with Crippen LogP contribution in [-0.4, -0.2) is 51.2 Å². The van der Waals surface area contributed by atoms with Crippen LogP contribution in [0.2, 0.25) is 0 Å². The lowest BCUT2D eigenvalue weighted by Crippen LogP contribution is -2.48. The highest BCUT2D eigenvalue weighted by Gasteiger charge is 2.40. The molecule has 6 heteroatoms. The standard InChI is InChI=1S/C17H27N5O/c1-11-18-16(21-20-11)12-6-8-22(9-7-12)17(23)15-10-13-4-2-3-5-14(13)19-15/h12-15,19H,2-10H2,1H3,(H,18,20,21)/t13-,14-,15-/m0/s1. The van der Waals surface area contributed by atoms with E-state index in [1.165, 1.54) is 25.7 Å². The third-order valence-corrected chi connectivity index (χ3v) is 5.95. The molecule has 1 aromatic heterocycles. The van der Waals surface area contributed by atoms with Crippen LogP contribution in [0.15, 0.2) is 0 Å². The van der Waals surface area contributed by atoms with E-state index in [4.69, 9.17) is 0 Å². The Hall–Kier alpha value is -1.43. The van der Waals surface area contributed by atoms with Crippen LogP contribution in [0.5, 0.6) is 0 Å². The minimum Gasteiger partial charge on any atom is -0.341 e. The van der Waals surface area contributed by atoms with Crippen LogP contribution < -0.4 is 5.32 Å². The summed E-state index contributed by atoms with van der Waals surface area (Å²) in [5, 5.41) is 10.8. The van der Waals surface area contributed by atoms with Crippen molar-refractivity contribution >= 4 is 5.91 Å². The van der Waals surface area contributed by atoms with Gasteiger partial charge in [-0.25, -0.2) is 4.98 Å². The van der Waals surface area contributed by atoms with E-state index in [0.29, 0.717) is 17.9 Å². The summed E-state index contributed by atoms with van der Waals surface area (Å²) in [5.41, 5.74) is 0. The largest absolute Gasteiger partial charge is 0.341 e. The second-order valence-corrected chi connectivity index (χ2v) is 7.48. The van der Waals surface area contributed by atoms with Crippen molar-refractivity contribution in [3.63, 3.8) is 0 Å². The molecule has 3 aliphatic rings. The zero-order valence-electron chi connectivity index (χ0n) is 13.9. The van der Waals surface area contributed by atoms with Gasteiger partial charge in [-0.15, -0.1) is 0 Å². The maximum atomic E-state index is 12.8. The highest BCUT2D eigenvalue weighted by molar-refractivity contribution is 5.82. The summed E-state index contributed by atoms with van der Waals surface area (Å²) < 4.78 is 0. The Balaban J connectivity index is 1.32. The molecule has 3 fully saturated rings. The van der Waals surface area contributed by atoms with Gasteiger partial charge < -0.3 is 10.2 Å². The first-order valence-corrected chi connectivity index (χ1v) is 9.14. The summed E-state index contributed by atoms with van der Waals surface area (Å²) in [6, 6.07) is 0.650. The summed E-state index contributed by atoms with van der Waals surface area (Å²) in [4.78, 5) is 19.3. The molecule has 0 spiro atoms. The monoisotopic (exact) mass is 317 g/mol. The number of aryl methyl sites for hydroxylation is 1. The van der Waals surface area contributed by atoms with Crippen molar-refractivity contribution in [2.75, 3.05) is 13.1 Å². The second-order valence-electron chi connectivity index (χ2n) is 7.48. The van der Waals surface area contributed by atoms with Crippen molar-refractivity contribution in [2.45, 2.75) is 69.9 Å². The Kier molecular flexibility index (Phi) is 4.09. The van der Waals surface area contributed by atoms with Crippen molar-refractivity contribution in [3.8, 4) is 0 Å². The highest BCUT2D eigenvalue weighted by atomic mass is 16.2. The van der Waals surface area contributed by atoms with E-state index in [1.807, 2.05) is 6.92 Å². The predicted octanol–water partition coefficient (Wildman–Crippen LogP) is 1.74. The SMILES string of the molecule is Cc1nc(C2CCN(C(=O)[C@@H]3C[C@@H]4CCCC[C@@H]4N3)CC2)n[nH]1. The zero-order chi connectivity index (χ0) is 15.8. The first-order chi connectivity index (χ1) is 11.2. The minimum absolute atomic E-state index is 0.0606. The maximum Gasteiger partial charge on any atom is 0.239 e. The van der Waals surface area contributed by atoms with Crippen molar-refractivity contribution in [1.29, 1.82) is 0 Å². The average Bonchev–Trinajstić information content (AvgIpc) is 3.20. The molecule has 4 rings (SSSR count). The zero-order valence-corrected chi connectivity index (χ0v) is 13.9. The molecule has 0 radical (unpaired) electrons. The molecule has 126 valence electrons. The Bertz CT molecular complexity index is 549. The Morgan fingerprint density at radius 3 is 2.65 bits per heavy atom. The quantitative estimate of drug-likeness (QED) is 0.871. The van der Waals surface area contributed by atoms with Crippen LogP contribution in [0.25, 0.3) is 0 Å². The van der Waals surface area contributed by atoms with Gasteiger partial charge in [-0.3, -0.25) is 9.89 Å². The lowest BCUT2D eigenvalue weighted by Gasteiger charge is -2.32. The lowest BCUT2D eigenvalue weighted by atomic mass is 9.85. The highest BCUT2D eigenvalue weighted by Crippen LogP contribution is 2.34. The molecule has 1 aliphatic carbocycles. The number of likely N-dealkylation sites (tertiary alicyclic amines) is 1. The molecular weight excluding hydrogens is 290 g/mol. The fourth-order valence-electron chi connectivity index (χ4n) is 4.63. The molecule has 0 aromatic carbocycles. The Morgan fingerprint density at radius 1 is 1.17 bits per heavy atom. The average molecular weight is 317 g/mol. The molecule has 1 aromatic rings. The van der Waals surface area contributed by atoms with Gasteiger partial charge in [-0.05, 0) is 44.9 Å². The molecule has 6 nitrogen and oxygen atoms in total. The molecule has 2 saturated heterocycles. The van der Waals surface area contributed by atoms with Crippen LogP contribution in [-0.2, 0) is 4.79 Å². The van der Waals surface area contributed by atoms with Crippen LogP contribution in [0, 0.1) is 12.8 Å². The van der Waals surface area contributed by atoms with Gasteiger partial charge in [0, 0.05) is 25.0 Å². The van der Waals surface area contributed by atoms with Gasteiger partial charge >= 0.3 is 0 Å². The normalized spacial score (nSPS) is 32.0. The molecule has 3 heterocycles. The smallest absolute Gasteiger partial charge is 0.239 e. The number of amides is 1. The third-order valence-electron chi connectivity index (χ3n) is 5.95. The molecule has 1 amide bonds. The van der Waals surface area contributed by atoms with Gasteiger partial charge in [0.15, 0.2) is 5.82 Å². The van der Waals surface area contributed by atoms with E-state index in [9.17, 15) is 4.79 Å². The van der Waals surface area contributed by atoms with E-state index in [0.717, 1.165) is 49.9 Å². The van der Waals surface area contributed by atoms with Crippen molar-refractivity contribution in [3.05, 3.63) is 11.6 Å². The molecule has 2 N–H and O–H groups in total. The number of H-pyrrole nitrogens is 1. The number of nitrogens with zero attached hydrogens (tertiary/aromatic N) is 3. The molecule has 1 saturated carbocycles. The molecule has 0 unspecified atom stereocenters. The van der Waals surface area contributed by atoms with Crippen LogP contribution >= 0.6 is 0 Å². The first kappa shape index (κ1) is 15.1. The summed E-state index contributed by atoms with van der Waals surface area (Å²) >= 11 is 0. The van der Waals surface area contributed by atoms with E-state index >= 15 is 0 Å². The number of rotatable bonds is 2. The molecule has 0 bridgehead atoms. The van der Waals surface area contributed by atoms with Gasteiger partial charge in [0.2, 0.25) is 5.91 Å². The summed E-state index contributed by atoms with van der Waals surface area (Å²) in [6.45, 7) is 3.61.